The molecule has 6 nitrogen and oxygen atoms in total. The lowest BCUT2D eigenvalue weighted by Crippen LogP contribution is -2.29. The van der Waals surface area contributed by atoms with E-state index < -0.39 is 17.7 Å². The lowest BCUT2D eigenvalue weighted by Gasteiger charge is -2.27. The van der Waals surface area contributed by atoms with Gasteiger partial charge in [-0.1, -0.05) is 11.6 Å². The fraction of sp³-hybridized carbons (Fsp3) is 0.500. The van der Waals surface area contributed by atoms with E-state index in [1.807, 2.05) is 20.8 Å². The Morgan fingerprint density at radius 3 is 2.64 bits per heavy atom. The zero-order valence-electron chi connectivity index (χ0n) is 13.0. The number of methoxy groups -OCH3 is 1. The van der Waals surface area contributed by atoms with Crippen LogP contribution in [0.2, 0.25) is 5.15 Å². The summed E-state index contributed by atoms with van der Waals surface area (Å²) in [6, 6.07) is 1.74. The number of esters is 1. The number of ether oxygens (including phenoxy) is 2. The standard InChI is InChI=1S/C14H17BrClN3O3/c1-7-10(11(13(20)21-5)22-14(2,3)4)12(16)19-9(17-7)6-8(15)18-19/h6,11H,1-5H3/t11-/m0/s1. The molecule has 0 aliphatic heterocycles. The van der Waals surface area contributed by atoms with Gasteiger partial charge in [0.15, 0.2) is 11.8 Å². The van der Waals surface area contributed by atoms with E-state index >= 15 is 0 Å². The van der Waals surface area contributed by atoms with E-state index in [4.69, 9.17) is 21.1 Å². The molecule has 1 atom stereocenters. The Balaban J connectivity index is 2.64. The zero-order chi connectivity index (χ0) is 16.7. The Bertz CT molecular complexity index is 724. The number of aryl methyl sites for hydroxylation is 1. The van der Waals surface area contributed by atoms with Gasteiger partial charge in [-0.05, 0) is 43.6 Å². The van der Waals surface area contributed by atoms with E-state index in [0.29, 0.717) is 21.5 Å². The number of rotatable bonds is 3. The van der Waals surface area contributed by atoms with E-state index in [1.165, 1.54) is 11.6 Å². The van der Waals surface area contributed by atoms with Crippen LogP contribution >= 0.6 is 27.5 Å². The molecule has 0 bridgehead atoms. The minimum absolute atomic E-state index is 0.271. The topological polar surface area (TPSA) is 65.7 Å². The molecule has 120 valence electrons. The van der Waals surface area contributed by atoms with Crippen molar-refractivity contribution in [3.8, 4) is 0 Å². The Morgan fingerprint density at radius 1 is 1.45 bits per heavy atom. The van der Waals surface area contributed by atoms with Crippen molar-refractivity contribution in [2.24, 2.45) is 0 Å². The third-order valence-electron chi connectivity index (χ3n) is 2.89. The van der Waals surface area contributed by atoms with Gasteiger partial charge in [0, 0.05) is 11.8 Å². The van der Waals surface area contributed by atoms with Gasteiger partial charge in [0.1, 0.15) is 9.76 Å². The van der Waals surface area contributed by atoms with Gasteiger partial charge in [-0.2, -0.15) is 5.10 Å². The predicted octanol–water partition coefficient (Wildman–Crippen LogP) is 3.48. The molecule has 8 heteroatoms. The highest BCUT2D eigenvalue weighted by Gasteiger charge is 2.33. The second kappa shape index (κ2) is 6.14. The highest BCUT2D eigenvalue weighted by atomic mass is 79.9. The van der Waals surface area contributed by atoms with Crippen LogP contribution in [0.15, 0.2) is 10.7 Å². The van der Waals surface area contributed by atoms with Crippen LogP contribution < -0.4 is 0 Å². The molecule has 2 heterocycles. The van der Waals surface area contributed by atoms with Crippen molar-refractivity contribution >= 4 is 39.1 Å². The van der Waals surface area contributed by atoms with Crippen LogP contribution in [0, 0.1) is 6.92 Å². The van der Waals surface area contributed by atoms with Crippen molar-refractivity contribution in [3.05, 3.63) is 27.1 Å². The first-order valence-corrected chi connectivity index (χ1v) is 7.78. The van der Waals surface area contributed by atoms with Crippen LogP contribution in [-0.2, 0) is 14.3 Å². The van der Waals surface area contributed by atoms with Crippen molar-refractivity contribution in [1.82, 2.24) is 14.6 Å². The molecule has 2 aromatic heterocycles. The van der Waals surface area contributed by atoms with Crippen molar-refractivity contribution in [2.75, 3.05) is 7.11 Å². The van der Waals surface area contributed by atoms with E-state index in [9.17, 15) is 4.79 Å². The molecule has 2 aromatic rings. The van der Waals surface area contributed by atoms with Crippen LogP contribution in [0.25, 0.3) is 5.65 Å². The summed E-state index contributed by atoms with van der Waals surface area (Å²) in [5.74, 6) is -0.535. The first-order chi connectivity index (χ1) is 10.1. The second-order valence-corrected chi connectivity index (χ2v) is 6.94. The summed E-state index contributed by atoms with van der Waals surface area (Å²) in [5, 5.41) is 4.48. The van der Waals surface area contributed by atoms with Crippen LogP contribution in [-0.4, -0.2) is 33.3 Å². The monoisotopic (exact) mass is 389 g/mol. The van der Waals surface area contributed by atoms with Crippen LogP contribution in [0.3, 0.4) is 0 Å². The van der Waals surface area contributed by atoms with E-state index in [-0.39, 0.29) is 5.15 Å². The fourth-order valence-electron chi connectivity index (χ4n) is 2.05. The number of hydrogen-bond acceptors (Lipinski definition) is 5. The van der Waals surface area contributed by atoms with Gasteiger partial charge >= 0.3 is 5.97 Å². The minimum Gasteiger partial charge on any atom is -0.467 e. The van der Waals surface area contributed by atoms with Gasteiger partial charge in [0.05, 0.1) is 18.3 Å². The van der Waals surface area contributed by atoms with Crippen LogP contribution in [0.5, 0.6) is 0 Å². The maximum atomic E-state index is 12.2. The molecule has 22 heavy (non-hydrogen) atoms. The SMILES string of the molecule is COC(=O)[C@@H](OC(C)(C)C)c1c(C)nc2cc(Br)nn2c1Cl. The smallest absolute Gasteiger partial charge is 0.339 e. The van der Waals surface area contributed by atoms with E-state index in [1.54, 1.807) is 13.0 Å². The second-order valence-electron chi connectivity index (χ2n) is 5.77. The number of hydrogen-bond donors (Lipinski definition) is 0. The molecule has 2 rings (SSSR count). The highest BCUT2D eigenvalue weighted by Crippen LogP contribution is 2.33. The molecule has 0 N–H and O–H groups in total. The Kier molecular flexibility index (Phi) is 4.79. The molecular formula is C14H17BrClN3O3. The number of carbonyl (C=O) groups is 1. The third kappa shape index (κ3) is 3.42. The molecule has 0 radical (unpaired) electrons. The molecule has 0 saturated heterocycles. The highest BCUT2D eigenvalue weighted by molar-refractivity contribution is 9.10. The molecule has 0 aliphatic carbocycles. The summed E-state index contributed by atoms with van der Waals surface area (Å²) < 4.78 is 12.7. The average Bonchev–Trinajstić information content (AvgIpc) is 2.76. The molecular weight excluding hydrogens is 374 g/mol. The quantitative estimate of drug-likeness (QED) is 0.593. The summed E-state index contributed by atoms with van der Waals surface area (Å²) in [4.78, 5) is 16.6. The summed E-state index contributed by atoms with van der Waals surface area (Å²) in [6.07, 6.45) is -0.975. The first-order valence-electron chi connectivity index (χ1n) is 6.61. The lowest BCUT2D eigenvalue weighted by molar-refractivity contribution is -0.164. The van der Waals surface area contributed by atoms with Gasteiger partial charge in [0.2, 0.25) is 0 Å². The number of halogens is 2. The minimum atomic E-state index is -0.975. The molecule has 0 unspecified atom stereocenters. The molecule has 0 amide bonds. The molecule has 0 fully saturated rings. The molecule has 0 aromatic carbocycles. The summed E-state index contributed by atoms with van der Waals surface area (Å²) in [6.45, 7) is 7.32. The number of carbonyl (C=O) groups excluding carboxylic acids is 1. The van der Waals surface area contributed by atoms with Gasteiger partial charge in [-0.3, -0.25) is 0 Å². The molecule has 0 spiro atoms. The average molecular weight is 391 g/mol. The first kappa shape index (κ1) is 17.2. The largest absolute Gasteiger partial charge is 0.467 e. The van der Waals surface area contributed by atoms with Gasteiger partial charge in [0.25, 0.3) is 0 Å². The Labute approximate surface area is 141 Å². The molecule has 0 aliphatic rings. The fourth-order valence-corrected chi connectivity index (χ4v) is 2.77. The summed E-state index contributed by atoms with van der Waals surface area (Å²) in [7, 11) is 1.31. The zero-order valence-corrected chi connectivity index (χ0v) is 15.3. The predicted molar refractivity (Wildman–Crippen MR) is 86.0 cm³/mol. The van der Waals surface area contributed by atoms with E-state index in [0.717, 1.165) is 0 Å². The van der Waals surface area contributed by atoms with Crippen molar-refractivity contribution in [2.45, 2.75) is 39.4 Å². The number of nitrogens with zero attached hydrogens (tertiary/aromatic N) is 3. The maximum Gasteiger partial charge on any atom is 0.339 e. The summed E-state index contributed by atoms with van der Waals surface area (Å²) in [5.41, 5.74) is 1.06. The normalized spacial score (nSPS) is 13.4. The summed E-state index contributed by atoms with van der Waals surface area (Å²) >= 11 is 9.72. The van der Waals surface area contributed by atoms with Crippen molar-refractivity contribution in [1.29, 1.82) is 0 Å². The molecule has 0 saturated carbocycles. The van der Waals surface area contributed by atoms with Crippen molar-refractivity contribution in [3.63, 3.8) is 0 Å². The lowest BCUT2D eigenvalue weighted by atomic mass is 10.1. The van der Waals surface area contributed by atoms with Gasteiger partial charge < -0.3 is 9.47 Å². The van der Waals surface area contributed by atoms with Crippen LogP contribution in [0.4, 0.5) is 0 Å². The maximum absolute atomic E-state index is 12.2. The van der Waals surface area contributed by atoms with Crippen LogP contribution in [0.1, 0.15) is 38.1 Å². The van der Waals surface area contributed by atoms with E-state index in [2.05, 4.69) is 26.0 Å². The van der Waals surface area contributed by atoms with Gasteiger partial charge in [-0.25, -0.2) is 14.3 Å². The van der Waals surface area contributed by atoms with Gasteiger partial charge in [-0.15, -0.1) is 0 Å². The van der Waals surface area contributed by atoms with Crippen molar-refractivity contribution < 1.29 is 14.3 Å². The Hall–Kier alpha value is -1.18. The number of aromatic nitrogens is 3. The third-order valence-corrected chi connectivity index (χ3v) is 3.64. The Morgan fingerprint density at radius 2 is 2.09 bits per heavy atom. The number of fused-ring (bicyclic) bond motifs is 1.